The zero-order chi connectivity index (χ0) is 9.14. The first-order valence-corrected chi connectivity index (χ1v) is 4.44. The summed E-state index contributed by atoms with van der Waals surface area (Å²) in [7, 11) is 1.98. The number of hydrogen-bond donors (Lipinski definition) is 1. The van der Waals surface area contributed by atoms with Crippen molar-refractivity contribution < 1.29 is 0 Å². The largest absolute Gasteiger partial charge is 0.388 e. The van der Waals surface area contributed by atoms with E-state index in [1.807, 2.05) is 7.05 Å². The number of benzene rings is 1. The van der Waals surface area contributed by atoms with E-state index in [1.165, 1.54) is 16.8 Å². The summed E-state index contributed by atoms with van der Waals surface area (Å²) in [6, 6.07) is 6.44. The van der Waals surface area contributed by atoms with Crippen LogP contribution in [0.25, 0.3) is 0 Å². The Kier molecular flexibility index (Phi) is 2.74. The molecular formula is C11H17N. The fourth-order valence-corrected chi connectivity index (χ4v) is 1.51. The monoisotopic (exact) mass is 163 g/mol. The predicted octanol–water partition coefficient (Wildman–Crippen LogP) is 3.16. The van der Waals surface area contributed by atoms with E-state index in [0.29, 0.717) is 5.92 Å². The molecule has 0 atom stereocenters. The van der Waals surface area contributed by atoms with Gasteiger partial charge in [0, 0.05) is 12.7 Å². The Bertz CT molecular complexity index is 264. The van der Waals surface area contributed by atoms with Crippen molar-refractivity contribution in [3.63, 3.8) is 0 Å². The Balaban J connectivity index is 3.18. The van der Waals surface area contributed by atoms with Crippen molar-refractivity contribution >= 4 is 5.69 Å². The summed E-state index contributed by atoms with van der Waals surface area (Å²) in [5, 5.41) is 3.25. The highest BCUT2D eigenvalue weighted by molar-refractivity contribution is 5.57. The molecule has 0 unspecified atom stereocenters. The van der Waals surface area contributed by atoms with Crippen LogP contribution in [0.4, 0.5) is 5.69 Å². The van der Waals surface area contributed by atoms with Gasteiger partial charge in [-0.25, -0.2) is 0 Å². The van der Waals surface area contributed by atoms with Crippen molar-refractivity contribution in [2.75, 3.05) is 12.4 Å². The fourth-order valence-electron chi connectivity index (χ4n) is 1.51. The van der Waals surface area contributed by atoms with E-state index < -0.39 is 0 Å². The first-order valence-electron chi connectivity index (χ1n) is 4.44. The summed E-state index contributed by atoms with van der Waals surface area (Å²) in [4.78, 5) is 0. The SMILES string of the molecule is CNc1c(C)cccc1C(C)C. The summed E-state index contributed by atoms with van der Waals surface area (Å²) < 4.78 is 0. The van der Waals surface area contributed by atoms with Crippen LogP contribution in [0.5, 0.6) is 0 Å². The molecule has 0 radical (unpaired) electrons. The molecule has 66 valence electrons. The molecule has 1 aromatic rings. The Morgan fingerprint density at radius 1 is 1.25 bits per heavy atom. The molecule has 0 aliphatic heterocycles. The minimum atomic E-state index is 0.590. The smallest absolute Gasteiger partial charge is 0.0402 e. The average molecular weight is 163 g/mol. The number of nitrogens with one attached hydrogen (secondary N) is 1. The van der Waals surface area contributed by atoms with Gasteiger partial charge in [-0.1, -0.05) is 32.0 Å². The summed E-state index contributed by atoms with van der Waals surface area (Å²) in [6.07, 6.45) is 0. The van der Waals surface area contributed by atoms with Crippen LogP contribution in [-0.4, -0.2) is 7.05 Å². The first kappa shape index (κ1) is 9.11. The lowest BCUT2D eigenvalue weighted by atomic mass is 9.98. The minimum Gasteiger partial charge on any atom is -0.388 e. The predicted molar refractivity (Wildman–Crippen MR) is 54.8 cm³/mol. The van der Waals surface area contributed by atoms with E-state index in [2.05, 4.69) is 44.3 Å². The van der Waals surface area contributed by atoms with Crippen molar-refractivity contribution in [1.82, 2.24) is 0 Å². The van der Waals surface area contributed by atoms with Gasteiger partial charge in [0.05, 0.1) is 0 Å². The Morgan fingerprint density at radius 2 is 1.92 bits per heavy atom. The van der Waals surface area contributed by atoms with Crippen LogP contribution >= 0.6 is 0 Å². The molecule has 0 fully saturated rings. The maximum atomic E-state index is 3.25. The van der Waals surface area contributed by atoms with Crippen LogP contribution < -0.4 is 5.32 Å². The third kappa shape index (κ3) is 1.60. The standard InChI is InChI=1S/C11H17N/c1-8(2)10-7-5-6-9(3)11(10)12-4/h5-8,12H,1-4H3. The molecule has 0 aliphatic rings. The van der Waals surface area contributed by atoms with E-state index >= 15 is 0 Å². The number of anilines is 1. The minimum absolute atomic E-state index is 0.590. The molecule has 1 nitrogen and oxygen atoms in total. The number of rotatable bonds is 2. The van der Waals surface area contributed by atoms with Crippen LogP contribution in [0.2, 0.25) is 0 Å². The van der Waals surface area contributed by atoms with Crippen LogP contribution in [0.3, 0.4) is 0 Å². The van der Waals surface area contributed by atoms with Gasteiger partial charge in [-0.3, -0.25) is 0 Å². The average Bonchev–Trinajstić information content (AvgIpc) is 2.03. The Labute approximate surface area is 74.8 Å². The Morgan fingerprint density at radius 3 is 2.33 bits per heavy atom. The second-order valence-corrected chi connectivity index (χ2v) is 3.44. The fraction of sp³-hybridized carbons (Fsp3) is 0.455. The van der Waals surface area contributed by atoms with Gasteiger partial charge in [0.2, 0.25) is 0 Å². The molecule has 0 saturated heterocycles. The lowest BCUT2D eigenvalue weighted by molar-refractivity contribution is 0.866. The maximum Gasteiger partial charge on any atom is 0.0402 e. The van der Waals surface area contributed by atoms with E-state index in [-0.39, 0.29) is 0 Å². The molecule has 0 aliphatic carbocycles. The molecule has 0 heterocycles. The van der Waals surface area contributed by atoms with Crippen molar-refractivity contribution in [3.05, 3.63) is 29.3 Å². The van der Waals surface area contributed by atoms with Gasteiger partial charge in [0.1, 0.15) is 0 Å². The second kappa shape index (κ2) is 3.61. The highest BCUT2D eigenvalue weighted by Gasteiger charge is 2.05. The lowest BCUT2D eigenvalue weighted by Gasteiger charge is -2.14. The lowest BCUT2D eigenvalue weighted by Crippen LogP contribution is -1.99. The Hall–Kier alpha value is -0.980. The van der Waals surface area contributed by atoms with Crippen molar-refractivity contribution in [2.24, 2.45) is 0 Å². The number of hydrogen-bond acceptors (Lipinski definition) is 1. The van der Waals surface area contributed by atoms with Crippen LogP contribution in [-0.2, 0) is 0 Å². The van der Waals surface area contributed by atoms with Gasteiger partial charge >= 0.3 is 0 Å². The normalized spacial score (nSPS) is 10.4. The zero-order valence-electron chi connectivity index (χ0n) is 8.31. The van der Waals surface area contributed by atoms with Gasteiger partial charge in [-0.05, 0) is 24.0 Å². The van der Waals surface area contributed by atoms with Gasteiger partial charge in [-0.2, -0.15) is 0 Å². The molecule has 0 spiro atoms. The summed E-state index contributed by atoms with van der Waals surface area (Å²) in [5.41, 5.74) is 4.01. The van der Waals surface area contributed by atoms with Crippen molar-refractivity contribution in [1.29, 1.82) is 0 Å². The van der Waals surface area contributed by atoms with Crippen molar-refractivity contribution in [3.8, 4) is 0 Å². The highest BCUT2D eigenvalue weighted by Crippen LogP contribution is 2.26. The molecule has 1 N–H and O–H groups in total. The topological polar surface area (TPSA) is 12.0 Å². The van der Waals surface area contributed by atoms with Gasteiger partial charge in [-0.15, -0.1) is 0 Å². The number of para-hydroxylation sites is 1. The molecule has 1 aromatic carbocycles. The molecule has 0 amide bonds. The van der Waals surface area contributed by atoms with Gasteiger partial charge < -0.3 is 5.32 Å². The van der Waals surface area contributed by atoms with E-state index in [1.54, 1.807) is 0 Å². The third-order valence-electron chi connectivity index (χ3n) is 2.18. The summed E-state index contributed by atoms with van der Waals surface area (Å²) in [5.74, 6) is 0.590. The molecule has 1 heteroatoms. The van der Waals surface area contributed by atoms with Gasteiger partial charge in [0.15, 0.2) is 0 Å². The third-order valence-corrected chi connectivity index (χ3v) is 2.18. The van der Waals surface area contributed by atoms with Crippen LogP contribution in [0, 0.1) is 6.92 Å². The molecule has 0 bridgehead atoms. The highest BCUT2D eigenvalue weighted by atomic mass is 14.8. The first-order chi connectivity index (χ1) is 5.66. The maximum absolute atomic E-state index is 3.25. The molecule has 0 saturated carbocycles. The van der Waals surface area contributed by atoms with E-state index in [4.69, 9.17) is 0 Å². The van der Waals surface area contributed by atoms with E-state index in [9.17, 15) is 0 Å². The van der Waals surface area contributed by atoms with Crippen molar-refractivity contribution in [2.45, 2.75) is 26.7 Å². The van der Waals surface area contributed by atoms with Crippen LogP contribution in [0.15, 0.2) is 18.2 Å². The van der Waals surface area contributed by atoms with Crippen LogP contribution in [0.1, 0.15) is 30.9 Å². The second-order valence-electron chi connectivity index (χ2n) is 3.44. The molecule has 0 aromatic heterocycles. The summed E-state index contributed by atoms with van der Waals surface area (Å²) >= 11 is 0. The summed E-state index contributed by atoms with van der Waals surface area (Å²) in [6.45, 7) is 6.57. The molecule has 1 rings (SSSR count). The quantitative estimate of drug-likeness (QED) is 0.706. The molecule has 12 heavy (non-hydrogen) atoms. The zero-order valence-corrected chi connectivity index (χ0v) is 8.31. The number of aryl methyl sites for hydroxylation is 1. The van der Waals surface area contributed by atoms with E-state index in [0.717, 1.165) is 0 Å². The van der Waals surface area contributed by atoms with Gasteiger partial charge in [0.25, 0.3) is 0 Å². The molecular weight excluding hydrogens is 146 g/mol.